The Kier molecular flexibility index (Phi) is 1.65. The van der Waals surface area contributed by atoms with Gasteiger partial charge >= 0.3 is 0 Å². The molecule has 0 atom stereocenters. The van der Waals surface area contributed by atoms with E-state index in [1.54, 1.807) is 0 Å². The number of nitrogens with one attached hydrogen (secondary N) is 1. The number of rotatable bonds is 0. The largest absolute Gasteiger partial charge is 0.348 e. The van der Waals surface area contributed by atoms with Crippen LogP contribution in [0.5, 0.6) is 0 Å². The Hall–Kier alpha value is -1.31. The number of allylic oxidation sites excluding steroid dienone is 4. The Morgan fingerprint density at radius 2 is 2.23 bits per heavy atom. The molecule has 1 aliphatic carbocycles. The summed E-state index contributed by atoms with van der Waals surface area (Å²) in [6, 6.07) is 0. The summed E-state index contributed by atoms with van der Waals surface area (Å²) in [5, 5.41) is 2.82. The van der Waals surface area contributed by atoms with E-state index in [2.05, 4.69) is 31.3 Å². The second kappa shape index (κ2) is 2.59. The third-order valence-electron chi connectivity index (χ3n) is 2.36. The van der Waals surface area contributed by atoms with Gasteiger partial charge in [0.2, 0.25) is 0 Å². The lowest BCUT2D eigenvalue weighted by molar-refractivity contribution is -0.116. The van der Waals surface area contributed by atoms with Crippen LogP contribution in [0.4, 0.5) is 0 Å². The quantitative estimate of drug-likeness (QED) is 0.595. The molecule has 1 N–H and O–H groups in total. The van der Waals surface area contributed by atoms with Gasteiger partial charge in [0, 0.05) is 17.5 Å². The smallest absolute Gasteiger partial charge is 0.251 e. The van der Waals surface area contributed by atoms with Gasteiger partial charge in [-0.3, -0.25) is 4.79 Å². The molecule has 1 amide bonds. The van der Waals surface area contributed by atoms with Crippen molar-refractivity contribution < 1.29 is 4.79 Å². The van der Waals surface area contributed by atoms with Gasteiger partial charge in [0.1, 0.15) is 0 Å². The van der Waals surface area contributed by atoms with E-state index in [9.17, 15) is 4.79 Å². The second-order valence-electron chi connectivity index (χ2n) is 4.11. The molecule has 0 bridgehead atoms. The Morgan fingerprint density at radius 3 is 3.00 bits per heavy atom. The van der Waals surface area contributed by atoms with Crippen LogP contribution in [-0.2, 0) is 4.79 Å². The first-order valence-corrected chi connectivity index (χ1v) is 4.48. The van der Waals surface area contributed by atoms with Crippen LogP contribution < -0.4 is 5.32 Å². The molecule has 2 rings (SSSR count). The van der Waals surface area contributed by atoms with Gasteiger partial charge in [0.25, 0.3) is 5.91 Å². The molecule has 0 aromatic carbocycles. The summed E-state index contributed by atoms with van der Waals surface area (Å²) in [6.07, 6.45) is 8.12. The van der Waals surface area contributed by atoms with E-state index in [4.69, 9.17) is 0 Å². The normalized spacial score (nSPS) is 24.3. The summed E-state index contributed by atoms with van der Waals surface area (Å²) in [5.74, 6) is 0.0496. The Balaban J connectivity index is 2.47. The fourth-order valence-electron chi connectivity index (χ4n) is 1.71. The molecule has 0 aromatic rings. The predicted molar refractivity (Wildman–Crippen MR) is 52.1 cm³/mol. The number of fused-ring (bicyclic) bond motifs is 1. The minimum absolute atomic E-state index is 0.0496. The number of carbonyl (C=O) groups excluding carboxylic acids is 1. The summed E-state index contributed by atoms with van der Waals surface area (Å²) < 4.78 is 0. The summed E-state index contributed by atoms with van der Waals surface area (Å²) in [4.78, 5) is 11.3. The van der Waals surface area contributed by atoms with Crippen molar-refractivity contribution in [1.82, 2.24) is 5.32 Å². The molecule has 1 fully saturated rings. The first kappa shape index (κ1) is 8.30. The van der Waals surface area contributed by atoms with E-state index in [-0.39, 0.29) is 11.3 Å². The highest BCUT2D eigenvalue weighted by Gasteiger charge is 2.25. The monoisotopic (exact) mass is 175 g/mol. The molecule has 0 radical (unpaired) electrons. The number of amides is 1. The van der Waals surface area contributed by atoms with Crippen molar-refractivity contribution in [3.8, 4) is 0 Å². The van der Waals surface area contributed by atoms with E-state index in [1.807, 2.05) is 12.2 Å². The van der Waals surface area contributed by atoms with Crippen LogP contribution in [0, 0.1) is 5.41 Å². The van der Waals surface area contributed by atoms with E-state index in [0.717, 1.165) is 11.1 Å². The third kappa shape index (κ3) is 1.44. The zero-order chi connectivity index (χ0) is 9.47. The van der Waals surface area contributed by atoms with Crippen LogP contribution in [0.3, 0.4) is 0 Å². The summed E-state index contributed by atoms with van der Waals surface area (Å²) in [6.45, 7) is 4.95. The SMILES string of the molecule is CC1(C)C=CC=C2C(=O)NCC2=C1. The Morgan fingerprint density at radius 1 is 1.46 bits per heavy atom. The van der Waals surface area contributed by atoms with E-state index >= 15 is 0 Å². The van der Waals surface area contributed by atoms with Crippen LogP contribution in [0.2, 0.25) is 0 Å². The molecule has 0 aromatic heterocycles. The van der Waals surface area contributed by atoms with E-state index in [0.29, 0.717) is 6.54 Å². The van der Waals surface area contributed by atoms with Crippen molar-refractivity contribution in [2.45, 2.75) is 13.8 Å². The van der Waals surface area contributed by atoms with Crippen LogP contribution in [-0.4, -0.2) is 12.5 Å². The highest BCUT2D eigenvalue weighted by Crippen LogP contribution is 2.28. The van der Waals surface area contributed by atoms with Gasteiger partial charge in [-0.2, -0.15) is 0 Å². The van der Waals surface area contributed by atoms with Crippen molar-refractivity contribution >= 4 is 5.91 Å². The van der Waals surface area contributed by atoms with Gasteiger partial charge in [-0.1, -0.05) is 32.1 Å². The van der Waals surface area contributed by atoms with Gasteiger partial charge in [0.15, 0.2) is 0 Å². The average molecular weight is 175 g/mol. The minimum atomic E-state index is 0.0496. The molecular formula is C11H13NO. The van der Waals surface area contributed by atoms with Crippen LogP contribution in [0.1, 0.15) is 13.8 Å². The van der Waals surface area contributed by atoms with Gasteiger partial charge in [0.05, 0.1) is 0 Å². The second-order valence-corrected chi connectivity index (χ2v) is 4.11. The first-order valence-electron chi connectivity index (χ1n) is 4.48. The van der Waals surface area contributed by atoms with Crippen LogP contribution in [0.25, 0.3) is 0 Å². The molecule has 2 aliphatic rings. The Bertz CT molecular complexity index is 345. The zero-order valence-corrected chi connectivity index (χ0v) is 7.92. The summed E-state index contributed by atoms with van der Waals surface area (Å²) in [5.41, 5.74) is 2.00. The van der Waals surface area contributed by atoms with Crippen molar-refractivity contribution in [2.24, 2.45) is 5.41 Å². The van der Waals surface area contributed by atoms with Crippen molar-refractivity contribution in [1.29, 1.82) is 0 Å². The lowest BCUT2D eigenvalue weighted by atomic mass is 9.91. The van der Waals surface area contributed by atoms with Crippen molar-refractivity contribution in [3.05, 3.63) is 35.5 Å². The molecular weight excluding hydrogens is 162 g/mol. The molecule has 0 saturated carbocycles. The van der Waals surface area contributed by atoms with E-state index < -0.39 is 0 Å². The molecule has 13 heavy (non-hydrogen) atoms. The fraction of sp³-hybridized carbons (Fsp3) is 0.364. The van der Waals surface area contributed by atoms with Gasteiger partial charge in [-0.25, -0.2) is 0 Å². The molecule has 2 heteroatoms. The lowest BCUT2D eigenvalue weighted by Crippen LogP contribution is -2.14. The first-order chi connectivity index (χ1) is 6.08. The number of hydrogen-bond donors (Lipinski definition) is 1. The highest BCUT2D eigenvalue weighted by molar-refractivity contribution is 6.01. The van der Waals surface area contributed by atoms with Crippen LogP contribution >= 0.6 is 0 Å². The van der Waals surface area contributed by atoms with Crippen molar-refractivity contribution in [3.63, 3.8) is 0 Å². The molecule has 68 valence electrons. The topological polar surface area (TPSA) is 29.1 Å². The average Bonchev–Trinajstić information content (AvgIpc) is 2.31. The standard InChI is InChI=1S/C11H13NO/c1-11(2)5-3-4-9-8(6-11)7-12-10(9)13/h3-6H,7H2,1-2H3,(H,12,13). The minimum Gasteiger partial charge on any atom is -0.348 e. The van der Waals surface area contributed by atoms with Crippen molar-refractivity contribution in [2.75, 3.05) is 6.54 Å². The summed E-state index contributed by atoms with van der Waals surface area (Å²) >= 11 is 0. The molecule has 1 aliphatic heterocycles. The van der Waals surface area contributed by atoms with Gasteiger partial charge in [-0.05, 0) is 11.6 Å². The molecule has 1 heterocycles. The van der Waals surface area contributed by atoms with Gasteiger partial charge < -0.3 is 5.32 Å². The molecule has 0 spiro atoms. The van der Waals surface area contributed by atoms with E-state index in [1.165, 1.54) is 0 Å². The summed E-state index contributed by atoms with van der Waals surface area (Å²) in [7, 11) is 0. The maximum Gasteiger partial charge on any atom is 0.251 e. The van der Waals surface area contributed by atoms with Crippen LogP contribution in [0.15, 0.2) is 35.5 Å². The maximum atomic E-state index is 11.3. The lowest BCUT2D eigenvalue weighted by Gasteiger charge is -2.14. The van der Waals surface area contributed by atoms with Gasteiger partial charge in [-0.15, -0.1) is 0 Å². The fourth-order valence-corrected chi connectivity index (χ4v) is 1.71. The molecule has 1 saturated heterocycles. The Labute approximate surface area is 78.0 Å². The number of carbonyl (C=O) groups is 1. The highest BCUT2D eigenvalue weighted by atomic mass is 16.2. The molecule has 2 nitrogen and oxygen atoms in total. The predicted octanol–water partition coefficient (Wildman–Crippen LogP) is 1.57. The molecule has 0 unspecified atom stereocenters. The third-order valence-corrected chi connectivity index (χ3v) is 2.36. The zero-order valence-electron chi connectivity index (χ0n) is 7.92. The maximum absolute atomic E-state index is 11.3. The number of hydrogen-bond acceptors (Lipinski definition) is 1.